The Morgan fingerprint density at radius 1 is 1.41 bits per heavy atom. The lowest BCUT2D eigenvalue weighted by molar-refractivity contribution is 0.532. The van der Waals surface area contributed by atoms with Crippen molar-refractivity contribution in [1.82, 2.24) is 5.32 Å². The normalized spacial score (nSPS) is 13.6. The van der Waals surface area contributed by atoms with Crippen LogP contribution in [0.25, 0.3) is 0 Å². The molecule has 0 aliphatic carbocycles. The summed E-state index contributed by atoms with van der Waals surface area (Å²) < 4.78 is 23.1. The van der Waals surface area contributed by atoms with Gasteiger partial charge in [0.15, 0.2) is 0 Å². The molecule has 0 fully saturated rings. The topological polar surface area (TPSA) is 46.2 Å². The summed E-state index contributed by atoms with van der Waals surface area (Å²) >= 11 is 3.44. The standard InChI is InChI=1S/C12H18BrNO2S/c1-3-12(14-7-8-17(2,15)16)10-5-4-6-11(13)9-10/h4-6,9,12,14H,3,7-8H2,1-2H3. The Labute approximate surface area is 112 Å². The van der Waals surface area contributed by atoms with Crippen molar-refractivity contribution in [2.45, 2.75) is 19.4 Å². The van der Waals surface area contributed by atoms with E-state index >= 15 is 0 Å². The first kappa shape index (κ1) is 14.7. The molecule has 0 aliphatic heterocycles. The van der Waals surface area contributed by atoms with Gasteiger partial charge in [0, 0.05) is 23.3 Å². The maximum absolute atomic E-state index is 11.0. The van der Waals surface area contributed by atoms with E-state index in [0.717, 1.165) is 10.9 Å². The average molecular weight is 320 g/mol. The van der Waals surface area contributed by atoms with Crippen LogP contribution in [-0.2, 0) is 9.84 Å². The van der Waals surface area contributed by atoms with E-state index in [9.17, 15) is 8.42 Å². The fraction of sp³-hybridized carbons (Fsp3) is 0.500. The Balaban J connectivity index is 2.60. The monoisotopic (exact) mass is 319 g/mol. The molecule has 0 amide bonds. The molecule has 1 aromatic rings. The van der Waals surface area contributed by atoms with E-state index in [2.05, 4.69) is 34.2 Å². The molecule has 1 aromatic carbocycles. The van der Waals surface area contributed by atoms with Gasteiger partial charge in [-0.15, -0.1) is 0 Å². The zero-order chi connectivity index (χ0) is 12.9. The third-order valence-corrected chi connectivity index (χ3v) is 3.96. The number of rotatable bonds is 6. The van der Waals surface area contributed by atoms with E-state index in [1.165, 1.54) is 11.8 Å². The van der Waals surface area contributed by atoms with Gasteiger partial charge in [0.1, 0.15) is 9.84 Å². The Morgan fingerprint density at radius 2 is 2.12 bits per heavy atom. The highest BCUT2D eigenvalue weighted by atomic mass is 79.9. The second-order valence-electron chi connectivity index (χ2n) is 4.10. The van der Waals surface area contributed by atoms with E-state index in [1.807, 2.05) is 18.2 Å². The number of hydrogen-bond donors (Lipinski definition) is 1. The SMILES string of the molecule is CCC(NCCS(C)(=O)=O)c1cccc(Br)c1. The van der Waals surface area contributed by atoms with E-state index in [-0.39, 0.29) is 11.8 Å². The van der Waals surface area contributed by atoms with Crippen LogP contribution in [0.5, 0.6) is 0 Å². The van der Waals surface area contributed by atoms with Crippen LogP contribution >= 0.6 is 15.9 Å². The van der Waals surface area contributed by atoms with Gasteiger partial charge in [-0.1, -0.05) is 35.0 Å². The minimum atomic E-state index is -2.89. The molecule has 17 heavy (non-hydrogen) atoms. The lowest BCUT2D eigenvalue weighted by Gasteiger charge is -2.17. The molecule has 3 nitrogen and oxygen atoms in total. The zero-order valence-corrected chi connectivity index (χ0v) is 12.5. The minimum absolute atomic E-state index is 0.178. The number of nitrogens with one attached hydrogen (secondary N) is 1. The summed E-state index contributed by atoms with van der Waals surface area (Å²) in [6, 6.07) is 8.27. The van der Waals surface area contributed by atoms with Gasteiger partial charge in [-0.05, 0) is 24.1 Å². The van der Waals surface area contributed by atoms with Crippen LogP contribution in [0.3, 0.4) is 0 Å². The van der Waals surface area contributed by atoms with Crippen LogP contribution in [0.2, 0.25) is 0 Å². The fourth-order valence-corrected chi connectivity index (χ4v) is 2.55. The van der Waals surface area contributed by atoms with Crippen molar-refractivity contribution in [2.75, 3.05) is 18.6 Å². The third kappa shape index (κ3) is 5.66. The smallest absolute Gasteiger partial charge is 0.148 e. The lowest BCUT2D eigenvalue weighted by atomic mass is 10.1. The van der Waals surface area contributed by atoms with Crippen LogP contribution in [-0.4, -0.2) is 27.0 Å². The largest absolute Gasteiger partial charge is 0.309 e. The summed E-state index contributed by atoms with van der Waals surface area (Å²) in [5.41, 5.74) is 1.18. The zero-order valence-electron chi connectivity index (χ0n) is 10.1. The number of hydrogen-bond acceptors (Lipinski definition) is 3. The Kier molecular flexibility index (Phi) is 5.62. The van der Waals surface area contributed by atoms with Crippen LogP contribution in [0.1, 0.15) is 24.9 Å². The molecular weight excluding hydrogens is 302 g/mol. The molecule has 0 saturated heterocycles. The van der Waals surface area contributed by atoms with Crippen molar-refractivity contribution in [3.63, 3.8) is 0 Å². The van der Waals surface area contributed by atoms with Crippen molar-refractivity contribution >= 4 is 25.8 Å². The summed E-state index contributed by atoms with van der Waals surface area (Å²) in [6.07, 6.45) is 2.19. The molecule has 1 unspecified atom stereocenters. The molecule has 0 bridgehead atoms. The van der Waals surface area contributed by atoms with Gasteiger partial charge >= 0.3 is 0 Å². The highest BCUT2D eigenvalue weighted by molar-refractivity contribution is 9.10. The Morgan fingerprint density at radius 3 is 2.65 bits per heavy atom. The second kappa shape index (κ2) is 6.52. The molecule has 1 rings (SSSR count). The first-order valence-electron chi connectivity index (χ1n) is 5.59. The summed E-state index contributed by atoms with van der Waals surface area (Å²) in [7, 11) is -2.89. The van der Waals surface area contributed by atoms with Crippen LogP contribution in [0.4, 0.5) is 0 Å². The van der Waals surface area contributed by atoms with Gasteiger partial charge in [-0.3, -0.25) is 0 Å². The fourth-order valence-electron chi connectivity index (χ4n) is 1.64. The molecule has 1 N–H and O–H groups in total. The quantitative estimate of drug-likeness (QED) is 0.876. The Bertz CT molecular complexity index is 459. The van der Waals surface area contributed by atoms with E-state index in [1.54, 1.807) is 0 Å². The summed E-state index contributed by atoms with van der Waals surface area (Å²) in [5, 5.41) is 3.27. The molecule has 96 valence electrons. The van der Waals surface area contributed by atoms with Gasteiger partial charge in [-0.2, -0.15) is 0 Å². The van der Waals surface area contributed by atoms with Gasteiger partial charge in [0.05, 0.1) is 5.75 Å². The maximum Gasteiger partial charge on any atom is 0.148 e. The highest BCUT2D eigenvalue weighted by Crippen LogP contribution is 2.20. The molecule has 0 aliphatic rings. The number of benzene rings is 1. The van der Waals surface area contributed by atoms with Crippen molar-refractivity contribution in [2.24, 2.45) is 0 Å². The van der Waals surface area contributed by atoms with Crippen LogP contribution in [0, 0.1) is 0 Å². The van der Waals surface area contributed by atoms with Gasteiger partial charge in [0.2, 0.25) is 0 Å². The van der Waals surface area contributed by atoms with Gasteiger partial charge in [-0.25, -0.2) is 8.42 Å². The summed E-state index contributed by atoms with van der Waals surface area (Å²) in [6.45, 7) is 2.57. The second-order valence-corrected chi connectivity index (χ2v) is 7.28. The average Bonchev–Trinajstić information content (AvgIpc) is 2.23. The molecule has 0 saturated carbocycles. The maximum atomic E-state index is 11.0. The lowest BCUT2D eigenvalue weighted by Crippen LogP contribution is -2.26. The predicted molar refractivity (Wildman–Crippen MR) is 74.9 cm³/mol. The first-order valence-corrected chi connectivity index (χ1v) is 8.44. The van der Waals surface area contributed by atoms with Crippen LogP contribution in [0.15, 0.2) is 28.7 Å². The van der Waals surface area contributed by atoms with Crippen molar-refractivity contribution in [3.05, 3.63) is 34.3 Å². The van der Waals surface area contributed by atoms with Crippen molar-refractivity contribution in [3.8, 4) is 0 Å². The van der Waals surface area contributed by atoms with Crippen LogP contribution < -0.4 is 5.32 Å². The van der Waals surface area contributed by atoms with Gasteiger partial charge < -0.3 is 5.32 Å². The summed E-state index contributed by atoms with van der Waals surface area (Å²) in [5.74, 6) is 0.178. The Hall–Kier alpha value is -0.390. The van der Waals surface area contributed by atoms with Gasteiger partial charge in [0.25, 0.3) is 0 Å². The molecule has 0 heterocycles. The highest BCUT2D eigenvalue weighted by Gasteiger charge is 2.10. The third-order valence-electron chi connectivity index (χ3n) is 2.52. The number of sulfone groups is 1. The summed E-state index contributed by atoms with van der Waals surface area (Å²) in [4.78, 5) is 0. The molecular formula is C12H18BrNO2S. The number of halogens is 1. The predicted octanol–water partition coefficient (Wildman–Crippen LogP) is 2.53. The molecule has 0 spiro atoms. The first-order chi connectivity index (χ1) is 7.92. The van der Waals surface area contributed by atoms with E-state index < -0.39 is 9.84 Å². The molecule has 1 atom stereocenters. The molecule has 0 aromatic heterocycles. The minimum Gasteiger partial charge on any atom is -0.309 e. The van der Waals surface area contributed by atoms with E-state index in [0.29, 0.717) is 6.54 Å². The van der Waals surface area contributed by atoms with Crippen molar-refractivity contribution in [1.29, 1.82) is 0 Å². The molecule has 5 heteroatoms. The molecule has 0 radical (unpaired) electrons. The van der Waals surface area contributed by atoms with Crippen molar-refractivity contribution < 1.29 is 8.42 Å². The van der Waals surface area contributed by atoms with E-state index in [4.69, 9.17) is 0 Å².